The molecule has 1 atom stereocenters. The second kappa shape index (κ2) is 8.87. The fourth-order valence-electron chi connectivity index (χ4n) is 0.908. The van der Waals surface area contributed by atoms with Gasteiger partial charge in [0.1, 0.15) is 0 Å². The standard InChI is InChI=1S/C9H18NO5PS2/c1-4-14-16(17,15-5-2)18-6-8(11)10-7(3)9(12)13/h7H,4-6H2,1-3H3,(H,10,11)(H,12,13)/p-1/t7-/m0/s1. The predicted octanol–water partition coefficient (Wildman–Crippen LogP) is 0.272. The summed E-state index contributed by atoms with van der Waals surface area (Å²) in [5.41, 5.74) is -2.51. The van der Waals surface area contributed by atoms with Crippen molar-refractivity contribution in [3.05, 3.63) is 0 Å². The van der Waals surface area contributed by atoms with Crippen LogP contribution in [0.25, 0.3) is 0 Å². The molecule has 6 nitrogen and oxygen atoms in total. The summed E-state index contributed by atoms with van der Waals surface area (Å²) in [5.74, 6) is -1.78. The molecule has 0 aromatic heterocycles. The molecule has 0 fully saturated rings. The van der Waals surface area contributed by atoms with Crippen LogP contribution in [0, 0.1) is 0 Å². The lowest BCUT2D eigenvalue weighted by Crippen LogP contribution is -2.46. The van der Waals surface area contributed by atoms with Crippen LogP contribution in [0.2, 0.25) is 0 Å². The van der Waals surface area contributed by atoms with Gasteiger partial charge in [-0.1, -0.05) is 11.4 Å². The van der Waals surface area contributed by atoms with Crippen LogP contribution < -0.4 is 10.4 Å². The van der Waals surface area contributed by atoms with Crippen molar-refractivity contribution in [2.24, 2.45) is 0 Å². The smallest absolute Gasteiger partial charge is 0.247 e. The van der Waals surface area contributed by atoms with E-state index < -0.39 is 23.6 Å². The van der Waals surface area contributed by atoms with Gasteiger partial charge in [0.15, 0.2) is 0 Å². The SMILES string of the molecule is CCOP(=S)(OCC)SCC(=O)N[C@@H](C)C(=O)[O-]. The van der Waals surface area contributed by atoms with Crippen molar-refractivity contribution in [3.63, 3.8) is 0 Å². The molecule has 0 heterocycles. The molecule has 0 bridgehead atoms. The molecule has 0 unspecified atom stereocenters. The topological polar surface area (TPSA) is 87.7 Å². The molecule has 1 amide bonds. The van der Waals surface area contributed by atoms with Crippen LogP contribution in [0.3, 0.4) is 0 Å². The third-order valence-electron chi connectivity index (χ3n) is 1.66. The minimum absolute atomic E-state index is 0.00506. The highest BCUT2D eigenvalue weighted by molar-refractivity contribution is 8.68. The second-order valence-electron chi connectivity index (χ2n) is 3.16. The van der Waals surface area contributed by atoms with Crippen molar-refractivity contribution < 1.29 is 23.7 Å². The molecular weight excluding hydrogens is 297 g/mol. The molecule has 9 heteroatoms. The number of carboxylic acid groups (broad SMARTS) is 1. The van der Waals surface area contributed by atoms with Crippen molar-refractivity contribution in [1.82, 2.24) is 5.32 Å². The summed E-state index contributed by atoms with van der Waals surface area (Å²) in [7, 11) is 0. The molecule has 18 heavy (non-hydrogen) atoms. The van der Waals surface area contributed by atoms with Gasteiger partial charge in [-0.05, 0) is 32.6 Å². The number of aliphatic carboxylic acids is 1. The minimum Gasteiger partial charge on any atom is -0.548 e. The van der Waals surface area contributed by atoms with E-state index in [0.717, 1.165) is 11.4 Å². The predicted molar refractivity (Wildman–Crippen MR) is 72.6 cm³/mol. The van der Waals surface area contributed by atoms with Gasteiger partial charge in [0.2, 0.25) is 11.6 Å². The number of carbonyl (C=O) groups is 2. The van der Waals surface area contributed by atoms with E-state index in [1.54, 1.807) is 13.8 Å². The summed E-state index contributed by atoms with van der Waals surface area (Å²) >= 11 is 6.30. The summed E-state index contributed by atoms with van der Waals surface area (Å²) < 4.78 is 10.7. The van der Waals surface area contributed by atoms with E-state index in [-0.39, 0.29) is 5.75 Å². The number of carbonyl (C=O) groups excluding carboxylic acids is 2. The molecule has 0 radical (unpaired) electrons. The first-order valence-corrected chi connectivity index (χ1v) is 9.61. The first-order chi connectivity index (χ1) is 8.34. The van der Waals surface area contributed by atoms with Gasteiger partial charge in [-0.2, -0.15) is 0 Å². The average molecular weight is 314 g/mol. The van der Waals surface area contributed by atoms with Crippen molar-refractivity contribution in [2.45, 2.75) is 26.8 Å². The molecule has 0 saturated carbocycles. The van der Waals surface area contributed by atoms with Crippen molar-refractivity contribution >= 4 is 40.8 Å². The maximum atomic E-state index is 11.5. The normalized spacial score (nSPS) is 13.1. The maximum absolute atomic E-state index is 11.5. The second-order valence-corrected chi connectivity index (χ2v) is 9.47. The molecular formula is C9H17NO5PS2-. The fraction of sp³-hybridized carbons (Fsp3) is 0.778. The number of hydrogen-bond acceptors (Lipinski definition) is 7. The molecule has 0 aliphatic heterocycles. The number of rotatable bonds is 9. The van der Waals surface area contributed by atoms with E-state index in [2.05, 4.69) is 5.32 Å². The van der Waals surface area contributed by atoms with E-state index in [0.29, 0.717) is 13.2 Å². The Morgan fingerprint density at radius 3 is 2.28 bits per heavy atom. The lowest BCUT2D eigenvalue weighted by molar-refractivity contribution is -0.307. The molecule has 0 rings (SSSR count). The third-order valence-corrected chi connectivity index (χ3v) is 7.07. The van der Waals surface area contributed by atoms with E-state index >= 15 is 0 Å². The number of amides is 1. The van der Waals surface area contributed by atoms with Crippen LogP contribution >= 0.6 is 17.1 Å². The van der Waals surface area contributed by atoms with Gasteiger partial charge >= 0.3 is 0 Å². The molecule has 0 aromatic carbocycles. The molecule has 0 spiro atoms. The van der Waals surface area contributed by atoms with Gasteiger partial charge in [0.05, 0.1) is 31.0 Å². The zero-order valence-electron chi connectivity index (χ0n) is 10.5. The zero-order valence-corrected chi connectivity index (χ0v) is 13.0. The summed E-state index contributed by atoms with van der Waals surface area (Å²) in [6.07, 6.45) is 0. The molecule has 0 aromatic rings. The number of nitrogens with one attached hydrogen (secondary N) is 1. The lowest BCUT2D eigenvalue weighted by atomic mass is 10.3. The third kappa shape index (κ3) is 7.33. The van der Waals surface area contributed by atoms with Gasteiger partial charge in [-0.15, -0.1) is 0 Å². The fourth-order valence-corrected chi connectivity index (χ4v) is 5.14. The van der Waals surface area contributed by atoms with E-state index in [1.807, 2.05) is 0 Å². The van der Waals surface area contributed by atoms with Crippen LogP contribution in [-0.4, -0.2) is 36.9 Å². The van der Waals surface area contributed by atoms with Crippen molar-refractivity contribution in [2.75, 3.05) is 19.0 Å². The van der Waals surface area contributed by atoms with Crippen LogP contribution in [0.5, 0.6) is 0 Å². The van der Waals surface area contributed by atoms with E-state index in [4.69, 9.17) is 20.9 Å². The van der Waals surface area contributed by atoms with E-state index in [9.17, 15) is 14.7 Å². The molecule has 0 aliphatic rings. The zero-order chi connectivity index (χ0) is 14.2. The Kier molecular flexibility index (Phi) is 8.81. The highest BCUT2D eigenvalue weighted by atomic mass is 32.9. The molecule has 1 N–H and O–H groups in total. The minimum atomic E-state index is -2.51. The summed E-state index contributed by atoms with van der Waals surface area (Å²) in [6, 6.07) is -1.03. The van der Waals surface area contributed by atoms with Gasteiger partial charge in [0, 0.05) is 0 Å². The Balaban J connectivity index is 4.23. The van der Waals surface area contributed by atoms with Crippen LogP contribution in [0.15, 0.2) is 0 Å². The first-order valence-electron chi connectivity index (χ1n) is 5.38. The molecule has 0 saturated heterocycles. The maximum Gasteiger partial charge on any atom is 0.247 e. The van der Waals surface area contributed by atoms with Gasteiger partial charge < -0.3 is 24.3 Å². The lowest BCUT2D eigenvalue weighted by Gasteiger charge is -2.20. The van der Waals surface area contributed by atoms with Crippen LogP contribution in [0.4, 0.5) is 0 Å². The summed E-state index contributed by atoms with van der Waals surface area (Å²) in [6.45, 7) is 5.72. The van der Waals surface area contributed by atoms with Gasteiger partial charge in [0.25, 0.3) is 0 Å². The summed E-state index contributed by atoms with van der Waals surface area (Å²) in [5, 5.41) is 12.7. The molecule has 0 aliphatic carbocycles. The highest BCUT2D eigenvalue weighted by Gasteiger charge is 2.21. The van der Waals surface area contributed by atoms with Crippen LogP contribution in [-0.2, 0) is 30.4 Å². The largest absolute Gasteiger partial charge is 0.548 e. The monoisotopic (exact) mass is 314 g/mol. The Hall–Kier alpha value is -0.140. The van der Waals surface area contributed by atoms with Crippen molar-refractivity contribution in [3.8, 4) is 0 Å². The Morgan fingerprint density at radius 2 is 1.89 bits per heavy atom. The Labute approximate surface area is 116 Å². The first kappa shape index (κ1) is 17.9. The van der Waals surface area contributed by atoms with Gasteiger partial charge in [-0.3, -0.25) is 4.79 Å². The average Bonchev–Trinajstić information content (AvgIpc) is 2.27. The van der Waals surface area contributed by atoms with E-state index in [1.165, 1.54) is 6.92 Å². The summed E-state index contributed by atoms with van der Waals surface area (Å²) in [4.78, 5) is 21.9. The number of hydrogen-bond donors (Lipinski definition) is 1. The van der Waals surface area contributed by atoms with Crippen LogP contribution in [0.1, 0.15) is 20.8 Å². The quantitative estimate of drug-likeness (QED) is 0.611. The Bertz CT molecular complexity index is 329. The Morgan fingerprint density at radius 1 is 1.39 bits per heavy atom. The van der Waals surface area contributed by atoms with Gasteiger partial charge in [-0.25, -0.2) is 0 Å². The highest BCUT2D eigenvalue weighted by Crippen LogP contribution is 2.60. The van der Waals surface area contributed by atoms with Crippen molar-refractivity contribution in [1.29, 1.82) is 0 Å². The molecule has 106 valence electrons. The number of carboxylic acids is 1.